The van der Waals surface area contributed by atoms with Crippen LogP contribution in [0, 0.1) is 28.9 Å². The highest BCUT2D eigenvalue weighted by Gasteiger charge is 2.44. The van der Waals surface area contributed by atoms with Gasteiger partial charge in [-0.15, -0.1) is 0 Å². The van der Waals surface area contributed by atoms with E-state index in [-0.39, 0.29) is 18.1 Å². The Hall–Kier alpha value is -1.65. The van der Waals surface area contributed by atoms with Gasteiger partial charge in [0.2, 0.25) is 11.6 Å². The summed E-state index contributed by atoms with van der Waals surface area (Å²) in [6.45, 7) is 3.99. The van der Waals surface area contributed by atoms with Crippen molar-refractivity contribution < 1.29 is 23.0 Å². The van der Waals surface area contributed by atoms with Crippen molar-refractivity contribution in [2.24, 2.45) is 17.3 Å². The van der Waals surface area contributed by atoms with Gasteiger partial charge in [0.05, 0.1) is 12.0 Å². The number of hydrogen-bond donors (Lipinski definition) is 0. The van der Waals surface area contributed by atoms with Crippen LogP contribution in [0.2, 0.25) is 0 Å². The van der Waals surface area contributed by atoms with Gasteiger partial charge >= 0.3 is 5.97 Å². The lowest BCUT2D eigenvalue weighted by Crippen LogP contribution is -2.40. The predicted octanol–water partition coefficient (Wildman–Crippen LogP) is 6.83. The maximum atomic E-state index is 14.4. The van der Waals surface area contributed by atoms with Crippen LogP contribution in [0.5, 0.6) is 11.5 Å². The van der Waals surface area contributed by atoms with Crippen LogP contribution < -0.4 is 9.47 Å². The zero-order valence-electron chi connectivity index (χ0n) is 17.8. The number of halogens is 2. The molecule has 29 heavy (non-hydrogen) atoms. The first-order valence-corrected chi connectivity index (χ1v) is 11.3. The smallest absolute Gasteiger partial charge is 0.317 e. The first-order chi connectivity index (χ1) is 14.0. The van der Waals surface area contributed by atoms with E-state index >= 15 is 0 Å². The lowest BCUT2D eigenvalue weighted by atomic mass is 9.64. The number of rotatable bonds is 7. The molecule has 0 saturated heterocycles. The van der Waals surface area contributed by atoms with Crippen molar-refractivity contribution in [2.75, 3.05) is 6.61 Å². The molecule has 162 valence electrons. The van der Waals surface area contributed by atoms with Gasteiger partial charge in [-0.1, -0.05) is 45.4 Å². The summed E-state index contributed by atoms with van der Waals surface area (Å²) < 4.78 is 39.0. The topological polar surface area (TPSA) is 35.5 Å². The SMILES string of the molecule is CCC[C@]1(C(=O)Oc2ccc(OCC)c(F)c2F)CC[C@@H](C2CCCCC2)CC1. The van der Waals surface area contributed by atoms with Gasteiger partial charge < -0.3 is 9.47 Å². The number of esters is 1. The summed E-state index contributed by atoms with van der Waals surface area (Å²) in [5, 5.41) is 0. The molecule has 1 aromatic carbocycles. The number of carbonyl (C=O) groups is 1. The third-order valence-electron chi connectivity index (χ3n) is 6.98. The fraction of sp³-hybridized carbons (Fsp3) is 0.708. The Morgan fingerprint density at radius 3 is 2.17 bits per heavy atom. The van der Waals surface area contributed by atoms with Gasteiger partial charge in [-0.25, -0.2) is 0 Å². The van der Waals surface area contributed by atoms with Crippen molar-refractivity contribution >= 4 is 5.97 Å². The molecule has 0 aliphatic heterocycles. The first kappa shape index (κ1) is 22.0. The van der Waals surface area contributed by atoms with Gasteiger partial charge in [-0.2, -0.15) is 8.78 Å². The van der Waals surface area contributed by atoms with Crippen molar-refractivity contribution in [1.82, 2.24) is 0 Å². The molecule has 1 aromatic rings. The fourth-order valence-corrected chi connectivity index (χ4v) is 5.37. The molecule has 5 heteroatoms. The minimum atomic E-state index is -1.16. The minimum absolute atomic E-state index is 0.166. The van der Waals surface area contributed by atoms with Crippen molar-refractivity contribution in [3.63, 3.8) is 0 Å². The molecule has 2 aliphatic carbocycles. The van der Waals surface area contributed by atoms with Crippen molar-refractivity contribution in [2.45, 2.75) is 84.5 Å². The summed E-state index contributed by atoms with van der Waals surface area (Å²) >= 11 is 0. The molecular formula is C24H34F2O3. The number of benzene rings is 1. The van der Waals surface area contributed by atoms with Crippen molar-refractivity contribution in [3.05, 3.63) is 23.8 Å². The summed E-state index contributed by atoms with van der Waals surface area (Å²) in [7, 11) is 0. The molecule has 0 atom stereocenters. The number of ether oxygens (including phenoxy) is 2. The van der Waals surface area contributed by atoms with E-state index in [1.165, 1.54) is 44.2 Å². The molecule has 3 rings (SSSR count). The van der Waals surface area contributed by atoms with E-state index in [1.807, 2.05) is 0 Å². The molecule has 3 nitrogen and oxygen atoms in total. The summed E-state index contributed by atoms with van der Waals surface area (Å²) in [6.07, 6.45) is 11.8. The first-order valence-electron chi connectivity index (χ1n) is 11.3. The lowest BCUT2D eigenvalue weighted by molar-refractivity contribution is -0.150. The third kappa shape index (κ3) is 4.92. The molecule has 0 bridgehead atoms. The molecule has 0 radical (unpaired) electrons. The highest BCUT2D eigenvalue weighted by atomic mass is 19.2. The summed E-state index contributed by atoms with van der Waals surface area (Å²) in [5.74, 6) is -1.72. The fourth-order valence-electron chi connectivity index (χ4n) is 5.37. The Bertz CT molecular complexity index is 690. The molecule has 2 fully saturated rings. The zero-order chi connectivity index (χ0) is 20.9. The summed E-state index contributed by atoms with van der Waals surface area (Å²) in [5.41, 5.74) is -0.582. The molecule has 2 aliphatic rings. The van der Waals surface area contributed by atoms with Gasteiger partial charge in [-0.3, -0.25) is 4.79 Å². The predicted molar refractivity (Wildman–Crippen MR) is 109 cm³/mol. The Labute approximate surface area is 173 Å². The van der Waals surface area contributed by atoms with E-state index in [0.717, 1.165) is 44.4 Å². The second-order valence-electron chi connectivity index (χ2n) is 8.78. The molecule has 0 amide bonds. The van der Waals surface area contributed by atoms with Crippen LogP contribution in [-0.2, 0) is 4.79 Å². The summed E-state index contributed by atoms with van der Waals surface area (Å²) in [4.78, 5) is 13.1. The molecule has 0 aromatic heterocycles. The van der Waals surface area contributed by atoms with Gasteiger partial charge in [0.25, 0.3) is 0 Å². The highest BCUT2D eigenvalue weighted by Crippen LogP contribution is 2.48. The number of carbonyl (C=O) groups excluding carboxylic acids is 1. The quantitative estimate of drug-likeness (QED) is 0.366. The Morgan fingerprint density at radius 2 is 1.55 bits per heavy atom. The van der Waals surface area contributed by atoms with E-state index in [1.54, 1.807) is 6.92 Å². The van der Waals surface area contributed by atoms with Crippen LogP contribution >= 0.6 is 0 Å². The van der Waals surface area contributed by atoms with Gasteiger partial charge in [-0.05, 0) is 63.0 Å². The van der Waals surface area contributed by atoms with E-state index < -0.39 is 23.0 Å². The Kier molecular flexibility index (Phi) is 7.53. The van der Waals surface area contributed by atoms with Crippen LogP contribution in [0.3, 0.4) is 0 Å². The van der Waals surface area contributed by atoms with E-state index in [9.17, 15) is 13.6 Å². The summed E-state index contributed by atoms with van der Waals surface area (Å²) in [6, 6.07) is 2.60. The van der Waals surface area contributed by atoms with E-state index in [0.29, 0.717) is 5.92 Å². The zero-order valence-corrected chi connectivity index (χ0v) is 17.8. The molecule has 2 saturated carbocycles. The maximum absolute atomic E-state index is 14.4. The monoisotopic (exact) mass is 408 g/mol. The lowest BCUT2D eigenvalue weighted by Gasteiger charge is -2.41. The van der Waals surface area contributed by atoms with E-state index in [2.05, 4.69) is 6.92 Å². The second-order valence-corrected chi connectivity index (χ2v) is 8.78. The van der Waals surface area contributed by atoms with Crippen LogP contribution in [0.4, 0.5) is 8.78 Å². The van der Waals surface area contributed by atoms with Gasteiger partial charge in [0.1, 0.15) is 0 Å². The Morgan fingerprint density at radius 1 is 0.966 bits per heavy atom. The van der Waals surface area contributed by atoms with Crippen LogP contribution in [0.1, 0.15) is 84.5 Å². The minimum Gasteiger partial charge on any atom is -0.491 e. The largest absolute Gasteiger partial charge is 0.491 e. The average Bonchev–Trinajstić information content (AvgIpc) is 2.75. The van der Waals surface area contributed by atoms with E-state index in [4.69, 9.17) is 9.47 Å². The molecular weight excluding hydrogens is 374 g/mol. The third-order valence-corrected chi connectivity index (χ3v) is 6.98. The molecule has 0 unspecified atom stereocenters. The number of hydrogen-bond acceptors (Lipinski definition) is 3. The average molecular weight is 409 g/mol. The molecule has 0 spiro atoms. The Balaban J connectivity index is 1.69. The highest BCUT2D eigenvalue weighted by molar-refractivity contribution is 5.79. The van der Waals surface area contributed by atoms with Crippen LogP contribution in [0.15, 0.2) is 12.1 Å². The standard InChI is InChI=1S/C24H34F2O3/c1-3-14-24(15-12-18(13-16-24)17-8-6-5-7-9-17)23(27)29-20-11-10-19(28-4-2)21(25)22(20)26/h10-11,17-18H,3-9,12-16H2,1-2H3/t18-,24+. The van der Waals surface area contributed by atoms with Crippen LogP contribution in [-0.4, -0.2) is 12.6 Å². The van der Waals surface area contributed by atoms with Gasteiger partial charge in [0.15, 0.2) is 11.5 Å². The molecule has 0 N–H and O–H groups in total. The van der Waals surface area contributed by atoms with Gasteiger partial charge in [0, 0.05) is 0 Å². The molecule has 0 heterocycles. The van der Waals surface area contributed by atoms with Crippen molar-refractivity contribution in [3.8, 4) is 11.5 Å². The normalized spacial score (nSPS) is 25.6. The van der Waals surface area contributed by atoms with Crippen LogP contribution in [0.25, 0.3) is 0 Å². The second kappa shape index (κ2) is 9.90. The van der Waals surface area contributed by atoms with Crippen molar-refractivity contribution in [1.29, 1.82) is 0 Å². The maximum Gasteiger partial charge on any atom is 0.317 e.